The minimum atomic E-state index is 0.812. The predicted molar refractivity (Wildman–Crippen MR) is 107 cm³/mol. The lowest BCUT2D eigenvalue weighted by Gasteiger charge is -2.45. The highest BCUT2D eigenvalue weighted by molar-refractivity contribution is 5.56. The molecule has 0 aromatic heterocycles. The van der Waals surface area contributed by atoms with Crippen LogP contribution in [0.15, 0.2) is 18.2 Å². The molecule has 3 aliphatic heterocycles. The molecule has 1 unspecified atom stereocenters. The summed E-state index contributed by atoms with van der Waals surface area (Å²) in [5.74, 6) is 0. The van der Waals surface area contributed by atoms with E-state index < -0.39 is 0 Å². The van der Waals surface area contributed by atoms with Crippen LogP contribution in [0.2, 0.25) is 0 Å². The van der Waals surface area contributed by atoms with Crippen molar-refractivity contribution in [1.82, 2.24) is 9.80 Å². The van der Waals surface area contributed by atoms with Crippen molar-refractivity contribution in [2.75, 3.05) is 44.2 Å². The Kier molecular flexibility index (Phi) is 5.33. The van der Waals surface area contributed by atoms with Gasteiger partial charge in [-0.15, -0.1) is 0 Å². The Bertz CT molecular complexity index is 571. The molecule has 138 valence electrons. The minimum Gasteiger partial charge on any atom is -0.371 e. The third kappa shape index (κ3) is 3.73. The second-order valence-electron chi connectivity index (χ2n) is 8.47. The SMILES string of the molecule is Cc1cccc(N2CCC(N3CCCC(N4CCCC4)C3)CC2)c1C. The van der Waals surface area contributed by atoms with Crippen molar-refractivity contribution in [2.24, 2.45) is 0 Å². The first-order chi connectivity index (χ1) is 12.2. The molecule has 0 radical (unpaired) electrons. The van der Waals surface area contributed by atoms with E-state index in [1.165, 1.54) is 94.6 Å². The van der Waals surface area contributed by atoms with Crippen molar-refractivity contribution in [2.45, 2.75) is 64.5 Å². The van der Waals surface area contributed by atoms with Crippen LogP contribution < -0.4 is 4.90 Å². The van der Waals surface area contributed by atoms with E-state index in [1.807, 2.05) is 0 Å². The summed E-state index contributed by atoms with van der Waals surface area (Å²) in [6.45, 7) is 12.3. The lowest BCUT2D eigenvalue weighted by Crippen LogP contribution is -2.53. The first-order valence-corrected chi connectivity index (χ1v) is 10.5. The zero-order valence-corrected chi connectivity index (χ0v) is 16.2. The molecular formula is C22H35N3. The molecule has 3 fully saturated rings. The predicted octanol–water partition coefficient (Wildman–Crippen LogP) is 3.83. The van der Waals surface area contributed by atoms with Gasteiger partial charge in [0.15, 0.2) is 0 Å². The van der Waals surface area contributed by atoms with Crippen LogP contribution in [0.4, 0.5) is 5.69 Å². The molecule has 0 bridgehead atoms. The maximum atomic E-state index is 2.84. The number of nitrogens with zero attached hydrogens (tertiary/aromatic N) is 3. The Morgan fingerprint density at radius 2 is 1.48 bits per heavy atom. The molecule has 1 atom stereocenters. The Morgan fingerprint density at radius 3 is 2.24 bits per heavy atom. The monoisotopic (exact) mass is 341 g/mol. The average Bonchev–Trinajstić information content (AvgIpc) is 3.19. The van der Waals surface area contributed by atoms with Gasteiger partial charge in [-0.1, -0.05) is 12.1 Å². The van der Waals surface area contributed by atoms with Gasteiger partial charge in [0.1, 0.15) is 0 Å². The summed E-state index contributed by atoms with van der Waals surface area (Å²) in [4.78, 5) is 8.24. The summed E-state index contributed by atoms with van der Waals surface area (Å²) in [6, 6.07) is 8.42. The quantitative estimate of drug-likeness (QED) is 0.827. The van der Waals surface area contributed by atoms with Gasteiger partial charge in [0.05, 0.1) is 0 Å². The topological polar surface area (TPSA) is 9.72 Å². The van der Waals surface area contributed by atoms with E-state index in [4.69, 9.17) is 0 Å². The van der Waals surface area contributed by atoms with Crippen LogP contribution in [0.1, 0.15) is 49.7 Å². The third-order valence-electron chi connectivity index (χ3n) is 6.98. The van der Waals surface area contributed by atoms with E-state index in [1.54, 1.807) is 0 Å². The van der Waals surface area contributed by atoms with E-state index in [0.29, 0.717) is 0 Å². The highest BCUT2D eigenvalue weighted by atomic mass is 15.3. The van der Waals surface area contributed by atoms with Gasteiger partial charge in [0, 0.05) is 37.4 Å². The van der Waals surface area contributed by atoms with Crippen molar-refractivity contribution in [1.29, 1.82) is 0 Å². The molecule has 1 aromatic carbocycles. The number of benzene rings is 1. The molecule has 3 nitrogen and oxygen atoms in total. The summed E-state index contributed by atoms with van der Waals surface area (Å²) in [7, 11) is 0. The van der Waals surface area contributed by atoms with Gasteiger partial charge in [-0.05, 0) is 89.2 Å². The smallest absolute Gasteiger partial charge is 0.0398 e. The number of anilines is 1. The number of likely N-dealkylation sites (tertiary alicyclic amines) is 2. The van der Waals surface area contributed by atoms with Crippen LogP contribution in [-0.4, -0.2) is 61.2 Å². The second-order valence-corrected chi connectivity index (χ2v) is 8.47. The van der Waals surface area contributed by atoms with Crippen molar-refractivity contribution in [3.05, 3.63) is 29.3 Å². The Morgan fingerprint density at radius 1 is 0.760 bits per heavy atom. The van der Waals surface area contributed by atoms with Crippen LogP contribution in [-0.2, 0) is 0 Å². The van der Waals surface area contributed by atoms with Crippen molar-refractivity contribution in [3.8, 4) is 0 Å². The summed E-state index contributed by atoms with van der Waals surface area (Å²) in [5, 5.41) is 0. The normalized spacial score (nSPS) is 27.1. The fourth-order valence-electron chi connectivity index (χ4n) is 5.27. The number of hydrogen-bond donors (Lipinski definition) is 0. The van der Waals surface area contributed by atoms with Crippen LogP contribution >= 0.6 is 0 Å². The Labute approximate surface area is 154 Å². The van der Waals surface area contributed by atoms with Gasteiger partial charge < -0.3 is 4.90 Å². The first kappa shape index (κ1) is 17.4. The van der Waals surface area contributed by atoms with Crippen LogP contribution in [0.3, 0.4) is 0 Å². The van der Waals surface area contributed by atoms with Crippen LogP contribution in [0, 0.1) is 13.8 Å². The molecule has 0 spiro atoms. The molecule has 4 rings (SSSR count). The molecule has 1 aromatic rings. The Balaban J connectivity index is 1.34. The number of aryl methyl sites for hydroxylation is 1. The van der Waals surface area contributed by atoms with E-state index in [9.17, 15) is 0 Å². The van der Waals surface area contributed by atoms with Gasteiger partial charge in [0.2, 0.25) is 0 Å². The minimum absolute atomic E-state index is 0.812. The van der Waals surface area contributed by atoms with Crippen molar-refractivity contribution >= 4 is 5.69 Å². The summed E-state index contributed by atoms with van der Waals surface area (Å²) < 4.78 is 0. The van der Waals surface area contributed by atoms with Gasteiger partial charge in [-0.2, -0.15) is 0 Å². The zero-order valence-electron chi connectivity index (χ0n) is 16.2. The van der Waals surface area contributed by atoms with Gasteiger partial charge in [0.25, 0.3) is 0 Å². The van der Waals surface area contributed by atoms with Crippen LogP contribution in [0.25, 0.3) is 0 Å². The van der Waals surface area contributed by atoms with Gasteiger partial charge in [-0.25, -0.2) is 0 Å². The molecule has 3 heteroatoms. The third-order valence-corrected chi connectivity index (χ3v) is 6.98. The molecule has 0 aliphatic carbocycles. The molecule has 3 saturated heterocycles. The van der Waals surface area contributed by atoms with Gasteiger partial charge in [-0.3, -0.25) is 9.80 Å². The number of piperidine rings is 2. The summed E-state index contributed by atoms with van der Waals surface area (Å²) in [5.41, 5.74) is 4.35. The highest BCUT2D eigenvalue weighted by Crippen LogP contribution is 2.29. The molecule has 25 heavy (non-hydrogen) atoms. The second kappa shape index (κ2) is 7.67. The van der Waals surface area contributed by atoms with E-state index in [2.05, 4.69) is 46.7 Å². The van der Waals surface area contributed by atoms with Gasteiger partial charge >= 0.3 is 0 Å². The lowest BCUT2D eigenvalue weighted by molar-refractivity contribution is 0.0736. The number of rotatable bonds is 3. The fraction of sp³-hybridized carbons (Fsp3) is 0.727. The lowest BCUT2D eigenvalue weighted by atomic mass is 9.96. The Hall–Kier alpha value is -1.06. The molecule has 3 heterocycles. The maximum absolute atomic E-state index is 2.84. The summed E-state index contributed by atoms with van der Waals surface area (Å²) in [6.07, 6.45) is 8.34. The average molecular weight is 342 g/mol. The van der Waals surface area contributed by atoms with Crippen LogP contribution in [0.5, 0.6) is 0 Å². The highest BCUT2D eigenvalue weighted by Gasteiger charge is 2.32. The largest absolute Gasteiger partial charge is 0.371 e. The molecule has 3 aliphatic rings. The molecule has 0 N–H and O–H groups in total. The maximum Gasteiger partial charge on any atom is 0.0398 e. The molecule has 0 saturated carbocycles. The molecular weight excluding hydrogens is 306 g/mol. The standard InChI is InChI=1S/C22H35N3/c1-18-7-5-9-22(19(18)2)24-15-10-20(11-16-24)25-14-6-8-21(17-25)23-12-3-4-13-23/h5,7,9,20-21H,3-4,6,8,10-17H2,1-2H3. The van der Waals surface area contributed by atoms with E-state index in [-0.39, 0.29) is 0 Å². The van der Waals surface area contributed by atoms with Crippen molar-refractivity contribution < 1.29 is 0 Å². The fourth-order valence-corrected chi connectivity index (χ4v) is 5.27. The van der Waals surface area contributed by atoms with E-state index in [0.717, 1.165) is 12.1 Å². The van der Waals surface area contributed by atoms with E-state index >= 15 is 0 Å². The zero-order chi connectivity index (χ0) is 17.2. The molecule has 0 amide bonds. The summed E-state index contributed by atoms with van der Waals surface area (Å²) >= 11 is 0. The van der Waals surface area contributed by atoms with Crippen molar-refractivity contribution in [3.63, 3.8) is 0 Å². The number of hydrogen-bond acceptors (Lipinski definition) is 3. The first-order valence-electron chi connectivity index (χ1n) is 10.5.